The number of rotatable bonds is 3. The van der Waals surface area contributed by atoms with Crippen LogP contribution in [0.3, 0.4) is 0 Å². The molecule has 0 bridgehead atoms. The van der Waals surface area contributed by atoms with E-state index in [1.165, 1.54) is 6.42 Å². The standard InChI is InChI=1S/C14H20N4OS/c15-14(20)11-1-2-13(16-9-11)18-4-3-12(10-18)17-5-7-19-8-6-17/h1-2,9,12H,3-8,10H2,(H2,15,20). The van der Waals surface area contributed by atoms with Gasteiger partial charge in [-0.05, 0) is 18.6 Å². The second-order valence-electron chi connectivity index (χ2n) is 5.31. The third kappa shape index (κ3) is 2.92. The minimum atomic E-state index is 0.400. The van der Waals surface area contributed by atoms with Crippen LogP contribution in [0.1, 0.15) is 12.0 Å². The molecule has 2 aliphatic heterocycles. The predicted molar refractivity (Wildman–Crippen MR) is 83.1 cm³/mol. The van der Waals surface area contributed by atoms with Crippen molar-refractivity contribution in [3.05, 3.63) is 23.9 Å². The summed E-state index contributed by atoms with van der Waals surface area (Å²) in [4.78, 5) is 9.75. The van der Waals surface area contributed by atoms with Crippen molar-refractivity contribution in [2.24, 2.45) is 5.73 Å². The Morgan fingerprint density at radius 3 is 2.75 bits per heavy atom. The molecule has 0 spiro atoms. The fourth-order valence-corrected chi connectivity index (χ4v) is 3.03. The Bertz CT molecular complexity index is 473. The highest BCUT2D eigenvalue weighted by Crippen LogP contribution is 2.22. The lowest BCUT2D eigenvalue weighted by atomic mass is 10.2. The number of hydrogen-bond donors (Lipinski definition) is 1. The van der Waals surface area contributed by atoms with E-state index >= 15 is 0 Å². The number of nitrogens with zero attached hydrogens (tertiary/aromatic N) is 3. The number of nitrogens with two attached hydrogens (primary N) is 1. The van der Waals surface area contributed by atoms with Crippen LogP contribution in [0.4, 0.5) is 5.82 Å². The largest absolute Gasteiger partial charge is 0.389 e. The number of hydrogen-bond acceptors (Lipinski definition) is 5. The van der Waals surface area contributed by atoms with Crippen molar-refractivity contribution < 1.29 is 4.74 Å². The maximum Gasteiger partial charge on any atom is 0.128 e. The van der Waals surface area contributed by atoms with E-state index in [-0.39, 0.29) is 0 Å². The fourth-order valence-electron chi connectivity index (χ4n) is 2.91. The smallest absolute Gasteiger partial charge is 0.128 e. The Morgan fingerprint density at radius 2 is 2.10 bits per heavy atom. The molecule has 108 valence electrons. The summed E-state index contributed by atoms with van der Waals surface area (Å²) in [6, 6.07) is 4.58. The van der Waals surface area contributed by atoms with Crippen molar-refractivity contribution in [1.29, 1.82) is 0 Å². The van der Waals surface area contributed by atoms with E-state index in [1.807, 2.05) is 12.1 Å². The van der Waals surface area contributed by atoms with Crippen LogP contribution in [-0.4, -0.2) is 60.3 Å². The van der Waals surface area contributed by atoms with E-state index in [1.54, 1.807) is 6.20 Å². The molecule has 5 nitrogen and oxygen atoms in total. The zero-order chi connectivity index (χ0) is 13.9. The van der Waals surface area contributed by atoms with Gasteiger partial charge in [-0.2, -0.15) is 0 Å². The molecule has 2 aliphatic rings. The first-order chi connectivity index (χ1) is 9.74. The van der Waals surface area contributed by atoms with Crippen LogP contribution < -0.4 is 10.6 Å². The number of thiocarbonyl (C=S) groups is 1. The highest BCUT2D eigenvalue weighted by Gasteiger charge is 2.29. The number of aromatic nitrogens is 1. The lowest BCUT2D eigenvalue weighted by Gasteiger charge is -2.32. The molecule has 1 unspecified atom stereocenters. The topological polar surface area (TPSA) is 54.6 Å². The summed E-state index contributed by atoms with van der Waals surface area (Å²) in [5, 5.41) is 0. The third-order valence-corrected chi connectivity index (χ3v) is 4.32. The van der Waals surface area contributed by atoms with Crippen molar-refractivity contribution in [3.63, 3.8) is 0 Å². The van der Waals surface area contributed by atoms with E-state index in [0.717, 1.165) is 50.8 Å². The van der Waals surface area contributed by atoms with Crippen LogP contribution in [-0.2, 0) is 4.74 Å². The Hall–Kier alpha value is -1.24. The highest BCUT2D eigenvalue weighted by molar-refractivity contribution is 7.80. The molecule has 1 atom stereocenters. The Labute approximate surface area is 124 Å². The maximum absolute atomic E-state index is 5.60. The molecule has 1 aromatic rings. The summed E-state index contributed by atoms with van der Waals surface area (Å²) in [7, 11) is 0. The van der Waals surface area contributed by atoms with Crippen LogP contribution in [0.15, 0.2) is 18.3 Å². The van der Waals surface area contributed by atoms with Gasteiger partial charge in [0.2, 0.25) is 0 Å². The molecule has 0 aliphatic carbocycles. The van der Waals surface area contributed by atoms with Gasteiger partial charge < -0.3 is 15.4 Å². The third-order valence-electron chi connectivity index (χ3n) is 4.08. The molecule has 6 heteroatoms. The molecule has 2 N–H and O–H groups in total. The number of morpholine rings is 1. The van der Waals surface area contributed by atoms with E-state index in [4.69, 9.17) is 22.7 Å². The van der Waals surface area contributed by atoms with Gasteiger partial charge in [-0.1, -0.05) is 12.2 Å². The van der Waals surface area contributed by atoms with Gasteiger partial charge in [0.25, 0.3) is 0 Å². The van der Waals surface area contributed by atoms with Gasteiger partial charge in [0.1, 0.15) is 10.8 Å². The second kappa shape index (κ2) is 6.03. The van der Waals surface area contributed by atoms with Crippen LogP contribution in [0.2, 0.25) is 0 Å². The van der Waals surface area contributed by atoms with Gasteiger partial charge in [-0.3, -0.25) is 4.90 Å². The van der Waals surface area contributed by atoms with Gasteiger partial charge in [0.15, 0.2) is 0 Å². The van der Waals surface area contributed by atoms with E-state index in [9.17, 15) is 0 Å². The summed E-state index contributed by atoms with van der Waals surface area (Å²) in [5.41, 5.74) is 6.42. The Morgan fingerprint density at radius 1 is 1.30 bits per heavy atom. The van der Waals surface area contributed by atoms with Gasteiger partial charge >= 0.3 is 0 Å². The molecule has 0 radical (unpaired) electrons. The molecule has 1 aromatic heterocycles. The second-order valence-corrected chi connectivity index (χ2v) is 5.75. The van der Waals surface area contributed by atoms with Crippen LogP contribution in [0.25, 0.3) is 0 Å². The van der Waals surface area contributed by atoms with Gasteiger partial charge in [0.05, 0.1) is 13.2 Å². The van der Waals surface area contributed by atoms with E-state index in [0.29, 0.717) is 11.0 Å². The highest BCUT2D eigenvalue weighted by atomic mass is 32.1. The number of anilines is 1. The summed E-state index contributed by atoms with van der Waals surface area (Å²) in [5.74, 6) is 1.01. The molecule has 0 saturated carbocycles. The van der Waals surface area contributed by atoms with Crippen molar-refractivity contribution in [3.8, 4) is 0 Å². The van der Waals surface area contributed by atoms with Crippen molar-refractivity contribution in [1.82, 2.24) is 9.88 Å². The zero-order valence-corrected chi connectivity index (χ0v) is 12.3. The first-order valence-corrected chi connectivity index (χ1v) is 7.47. The molecular formula is C14H20N4OS. The summed E-state index contributed by atoms with van der Waals surface area (Å²) in [6.07, 6.45) is 2.96. The van der Waals surface area contributed by atoms with Gasteiger partial charge in [-0.25, -0.2) is 4.98 Å². The molecule has 3 heterocycles. The molecule has 3 rings (SSSR count). The lowest BCUT2D eigenvalue weighted by molar-refractivity contribution is 0.0209. The quantitative estimate of drug-likeness (QED) is 0.825. The van der Waals surface area contributed by atoms with Gasteiger partial charge in [-0.15, -0.1) is 0 Å². The van der Waals surface area contributed by atoms with Crippen LogP contribution >= 0.6 is 12.2 Å². The number of ether oxygens (including phenoxy) is 1. The Balaban J connectivity index is 1.62. The minimum Gasteiger partial charge on any atom is -0.389 e. The maximum atomic E-state index is 5.60. The average Bonchev–Trinajstić information content (AvgIpc) is 2.98. The minimum absolute atomic E-state index is 0.400. The molecule has 2 fully saturated rings. The first kappa shape index (κ1) is 13.7. The van der Waals surface area contributed by atoms with Crippen LogP contribution in [0.5, 0.6) is 0 Å². The fraction of sp³-hybridized carbons (Fsp3) is 0.571. The first-order valence-electron chi connectivity index (χ1n) is 7.06. The van der Waals surface area contributed by atoms with Crippen molar-refractivity contribution in [2.45, 2.75) is 12.5 Å². The van der Waals surface area contributed by atoms with E-state index < -0.39 is 0 Å². The molecule has 2 saturated heterocycles. The predicted octanol–water partition coefficient (Wildman–Crippen LogP) is 0.627. The molecule has 20 heavy (non-hydrogen) atoms. The lowest BCUT2D eigenvalue weighted by Crippen LogP contribution is -2.44. The van der Waals surface area contributed by atoms with Crippen molar-refractivity contribution >= 4 is 23.0 Å². The Kier molecular flexibility index (Phi) is 4.14. The monoisotopic (exact) mass is 292 g/mol. The summed E-state index contributed by atoms with van der Waals surface area (Å²) in [6.45, 7) is 5.91. The molecule has 0 amide bonds. The SMILES string of the molecule is NC(=S)c1ccc(N2CCC(N3CCOCC3)C2)nc1. The summed E-state index contributed by atoms with van der Waals surface area (Å²) >= 11 is 4.95. The number of pyridine rings is 1. The van der Waals surface area contributed by atoms with Gasteiger partial charge in [0, 0.05) is 44.0 Å². The normalized spacial score (nSPS) is 24.0. The zero-order valence-electron chi connectivity index (χ0n) is 11.5. The average molecular weight is 292 g/mol. The summed E-state index contributed by atoms with van der Waals surface area (Å²) < 4.78 is 5.41. The molecular weight excluding hydrogens is 272 g/mol. The van der Waals surface area contributed by atoms with Crippen LogP contribution in [0, 0.1) is 0 Å². The molecule has 0 aromatic carbocycles. The van der Waals surface area contributed by atoms with E-state index in [2.05, 4.69) is 14.8 Å². The van der Waals surface area contributed by atoms with Crippen molar-refractivity contribution in [2.75, 3.05) is 44.3 Å².